The summed E-state index contributed by atoms with van der Waals surface area (Å²) in [5, 5.41) is 10.0. The number of H-pyrrole nitrogens is 1. The van der Waals surface area contributed by atoms with Crippen LogP contribution in [0.15, 0.2) is 0 Å². The monoisotopic (exact) mass is 276 g/mol. The molecular weight excluding hydrogens is 252 g/mol. The second kappa shape index (κ2) is 5.46. The lowest BCUT2D eigenvalue weighted by molar-refractivity contribution is 0.0936. The zero-order valence-corrected chi connectivity index (χ0v) is 12.1. The van der Waals surface area contributed by atoms with Crippen molar-refractivity contribution in [3.8, 4) is 0 Å². The molecule has 2 aliphatic rings. The SMILES string of the molecule is CC1CCCC(CNC(=O)c2n[nH]c(C3CC3)c2N)C1. The Hall–Kier alpha value is -1.52. The number of anilines is 1. The maximum Gasteiger partial charge on any atom is 0.273 e. The van der Waals surface area contributed by atoms with Gasteiger partial charge in [0.05, 0.1) is 11.4 Å². The Balaban J connectivity index is 1.56. The predicted molar refractivity (Wildman–Crippen MR) is 78.4 cm³/mol. The Morgan fingerprint density at radius 2 is 2.20 bits per heavy atom. The first-order valence-electron chi connectivity index (χ1n) is 7.77. The summed E-state index contributed by atoms with van der Waals surface area (Å²) >= 11 is 0. The zero-order chi connectivity index (χ0) is 14.1. The van der Waals surface area contributed by atoms with Gasteiger partial charge in [0.2, 0.25) is 0 Å². The van der Waals surface area contributed by atoms with Gasteiger partial charge >= 0.3 is 0 Å². The quantitative estimate of drug-likeness (QED) is 0.789. The standard InChI is InChI=1S/C15H24N4O/c1-9-3-2-4-10(7-9)8-17-15(20)14-12(16)13(18-19-14)11-5-6-11/h9-11H,2-8,16H2,1H3,(H,17,20)(H,18,19). The van der Waals surface area contributed by atoms with Gasteiger partial charge in [0.1, 0.15) is 0 Å². The van der Waals surface area contributed by atoms with Gasteiger partial charge < -0.3 is 11.1 Å². The van der Waals surface area contributed by atoms with Gasteiger partial charge in [0.25, 0.3) is 5.91 Å². The van der Waals surface area contributed by atoms with E-state index in [1.165, 1.54) is 25.7 Å². The molecule has 0 spiro atoms. The minimum Gasteiger partial charge on any atom is -0.395 e. The van der Waals surface area contributed by atoms with Crippen LogP contribution < -0.4 is 11.1 Å². The van der Waals surface area contributed by atoms with Crippen molar-refractivity contribution >= 4 is 11.6 Å². The lowest BCUT2D eigenvalue weighted by Gasteiger charge is -2.26. The molecule has 4 N–H and O–H groups in total. The van der Waals surface area contributed by atoms with Crippen molar-refractivity contribution < 1.29 is 4.79 Å². The highest BCUT2D eigenvalue weighted by molar-refractivity contribution is 5.97. The van der Waals surface area contributed by atoms with Gasteiger partial charge in [-0.2, -0.15) is 5.10 Å². The number of aromatic amines is 1. The van der Waals surface area contributed by atoms with Crippen molar-refractivity contribution in [2.75, 3.05) is 12.3 Å². The second-order valence-corrected chi connectivity index (χ2v) is 6.52. The number of carbonyl (C=O) groups excluding carboxylic acids is 1. The topological polar surface area (TPSA) is 83.8 Å². The molecule has 2 fully saturated rings. The summed E-state index contributed by atoms with van der Waals surface area (Å²) in [5.41, 5.74) is 7.88. The molecule has 1 aromatic rings. The molecule has 0 saturated heterocycles. The molecule has 0 radical (unpaired) electrons. The Morgan fingerprint density at radius 1 is 1.40 bits per heavy atom. The fourth-order valence-corrected chi connectivity index (χ4v) is 3.29. The van der Waals surface area contributed by atoms with E-state index >= 15 is 0 Å². The van der Waals surface area contributed by atoms with Crippen LogP contribution in [-0.4, -0.2) is 22.6 Å². The van der Waals surface area contributed by atoms with Crippen LogP contribution in [0, 0.1) is 11.8 Å². The summed E-state index contributed by atoms with van der Waals surface area (Å²) in [6.45, 7) is 3.04. The lowest BCUT2D eigenvalue weighted by atomic mass is 9.82. The molecule has 5 heteroatoms. The van der Waals surface area contributed by atoms with Crippen LogP contribution >= 0.6 is 0 Å². The summed E-state index contributed by atoms with van der Waals surface area (Å²) in [7, 11) is 0. The molecule has 1 aromatic heterocycles. The van der Waals surface area contributed by atoms with E-state index in [2.05, 4.69) is 22.4 Å². The summed E-state index contributed by atoms with van der Waals surface area (Å²) in [4.78, 5) is 12.2. The summed E-state index contributed by atoms with van der Waals surface area (Å²) < 4.78 is 0. The second-order valence-electron chi connectivity index (χ2n) is 6.52. The van der Waals surface area contributed by atoms with Crippen molar-refractivity contribution in [2.45, 2.75) is 51.4 Å². The van der Waals surface area contributed by atoms with E-state index in [1.54, 1.807) is 0 Å². The Bertz CT molecular complexity index is 492. The van der Waals surface area contributed by atoms with E-state index in [4.69, 9.17) is 5.73 Å². The van der Waals surface area contributed by atoms with Crippen molar-refractivity contribution in [3.05, 3.63) is 11.4 Å². The average molecular weight is 276 g/mol. The molecule has 1 amide bonds. The third-order valence-electron chi connectivity index (χ3n) is 4.63. The fourth-order valence-electron chi connectivity index (χ4n) is 3.29. The molecule has 5 nitrogen and oxygen atoms in total. The highest BCUT2D eigenvalue weighted by Crippen LogP contribution is 2.42. The van der Waals surface area contributed by atoms with Crippen LogP contribution in [0.3, 0.4) is 0 Å². The number of amides is 1. The number of nitrogen functional groups attached to an aromatic ring is 1. The van der Waals surface area contributed by atoms with Gasteiger partial charge in [0.15, 0.2) is 5.69 Å². The molecule has 3 rings (SSSR count). The number of rotatable bonds is 4. The summed E-state index contributed by atoms with van der Waals surface area (Å²) in [6, 6.07) is 0. The smallest absolute Gasteiger partial charge is 0.273 e. The van der Waals surface area contributed by atoms with E-state index < -0.39 is 0 Å². The summed E-state index contributed by atoms with van der Waals surface area (Å²) in [6.07, 6.45) is 7.32. The lowest BCUT2D eigenvalue weighted by Crippen LogP contribution is -2.32. The molecule has 0 aliphatic heterocycles. The van der Waals surface area contributed by atoms with E-state index in [0.29, 0.717) is 23.2 Å². The molecule has 1 heterocycles. The fraction of sp³-hybridized carbons (Fsp3) is 0.733. The molecule has 110 valence electrons. The number of nitrogens with two attached hydrogens (primary N) is 1. The van der Waals surface area contributed by atoms with E-state index in [9.17, 15) is 4.79 Å². The third kappa shape index (κ3) is 2.81. The van der Waals surface area contributed by atoms with Crippen LogP contribution in [0.1, 0.15) is 67.5 Å². The van der Waals surface area contributed by atoms with Gasteiger partial charge in [-0.1, -0.05) is 19.8 Å². The van der Waals surface area contributed by atoms with Crippen molar-refractivity contribution in [1.82, 2.24) is 15.5 Å². The Kier molecular flexibility index (Phi) is 3.68. The molecule has 0 aromatic carbocycles. The van der Waals surface area contributed by atoms with Crippen LogP contribution in [0.5, 0.6) is 0 Å². The molecule has 20 heavy (non-hydrogen) atoms. The highest BCUT2D eigenvalue weighted by atomic mass is 16.1. The minimum absolute atomic E-state index is 0.135. The number of carbonyl (C=O) groups is 1. The first kappa shape index (κ1) is 13.5. The maximum absolute atomic E-state index is 12.2. The molecule has 2 atom stereocenters. The van der Waals surface area contributed by atoms with E-state index in [-0.39, 0.29) is 5.91 Å². The molecule has 0 bridgehead atoms. The van der Waals surface area contributed by atoms with Gasteiger partial charge in [-0.25, -0.2) is 0 Å². The maximum atomic E-state index is 12.2. The highest BCUT2D eigenvalue weighted by Gasteiger charge is 2.30. The average Bonchev–Trinajstić information content (AvgIpc) is 3.19. The van der Waals surface area contributed by atoms with Crippen LogP contribution in [0.4, 0.5) is 5.69 Å². The molecule has 2 unspecified atom stereocenters. The molecule has 2 aliphatic carbocycles. The third-order valence-corrected chi connectivity index (χ3v) is 4.63. The van der Waals surface area contributed by atoms with Crippen LogP contribution in [0.25, 0.3) is 0 Å². The van der Waals surface area contributed by atoms with Gasteiger partial charge in [0, 0.05) is 12.5 Å². The minimum atomic E-state index is -0.135. The Morgan fingerprint density at radius 3 is 2.90 bits per heavy atom. The zero-order valence-electron chi connectivity index (χ0n) is 12.1. The van der Waals surface area contributed by atoms with Crippen molar-refractivity contribution in [1.29, 1.82) is 0 Å². The van der Waals surface area contributed by atoms with Gasteiger partial charge in [-0.15, -0.1) is 0 Å². The number of hydrogen-bond acceptors (Lipinski definition) is 3. The number of aromatic nitrogens is 2. The number of nitrogens with one attached hydrogen (secondary N) is 2. The first-order chi connectivity index (χ1) is 9.65. The summed E-state index contributed by atoms with van der Waals surface area (Å²) in [5.74, 6) is 1.74. The van der Waals surface area contributed by atoms with E-state index in [1.807, 2.05) is 0 Å². The van der Waals surface area contributed by atoms with Crippen molar-refractivity contribution in [3.63, 3.8) is 0 Å². The van der Waals surface area contributed by atoms with Crippen LogP contribution in [-0.2, 0) is 0 Å². The van der Waals surface area contributed by atoms with Crippen molar-refractivity contribution in [2.24, 2.45) is 11.8 Å². The van der Waals surface area contributed by atoms with Gasteiger partial charge in [-0.05, 0) is 37.5 Å². The molecular formula is C15H24N4O. The largest absolute Gasteiger partial charge is 0.395 e. The Labute approximate surface area is 119 Å². The van der Waals surface area contributed by atoms with E-state index in [0.717, 1.165) is 31.0 Å². The predicted octanol–water partition coefficient (Wildman–Crippen LogP) is 2.43. The van der Waals surface area contributed by atoms with Crippen LogP contribution in [0.2, 0.25) is 0 Å². The van der Waals surface area contributed by atoms with Gasteiger partial charge in [-0.3, -0.25) is 9.89 Å². The normalized spacial score (nSPS) is 26.4. The number of nitrogens with zero attached hydrogens (tertiary/aromatic N) is 1. The first-order valence-corrected chi connectivity index (χ1v) is 7.77. The number of hydrogen-bond donors (Lipinski definition) is 3. The molecule has 2 saturated carbocycles.